The molecule has 0 radical (unpaired) electrons. The minimum atomic E-state index is -3.51. The molecule has 5 nitrogen and oxygen atoms in total. The monoisotopic (exact) mass is 233 g/mol. The summed E-state index contributed by atoms with van der Waals surface area (Å²) in [6, 6.07) is 0.113. The van der Waals surface area contributed by atoms with E-state index in [0.717, 1.165) is 38.8 Å². The Balaban J connectivity index is 2.02. The van der Waals surface area contributed by atoms with E-state index in [1.165, 1.54) is 4.31 Å². The van der Waals surface area contributed by atoms with Gasteiger partial charge < -0.3 is 5.32 Å². The van der Waals surface area contributed by atoms with Crippen molar-refractivity contribution in [1.82, 2.24) is 9.62 Å². The molecule has 2 aliphatic rings. The maximum Gasteiger partial charge on any atom is 0.277 e. The van der Waals surface area contributed by atoms with Gasteiger partial charge in [0.1, 0.15) is 0 Å². The normalized spacial score (nSPS) is 24.7. The summed E-state index contributed by atoms with van der Waals surface area (Å²) >= 11 is 0. The molecule has 2 rings (SSSR count). The van der Waals surface area contributed by atoms with E-state index in [0.29, 0.717) is 12.5 Å². The van der Waals surface area contributed by atoms with E-state index in [-0.39, 0.29) is 6.04 Å². The average Bonchev–Trinajstić information content (AvgIpc) is 2.97. The number of hydrogen-bond acceptors (Lipinski definition) is 3. The summed E-state index contributed by atoms with van der Waals surface area (Å²) in [5.41, 5.74) is 0. The van der Waals surface area contributed by atoms with Gasteiger partial charge in [0, 0.05) is 12.6 Å². The van der Waals surface area contributed by atoms with Crippen LogP contribution in [0.5, 0.6) is 0 Å². The molecule has 0 aromatic rings. The third kappa shape index (κ3) is 3.14. The molecule has 0 amide bonds. The Kier molecular flexibility index (Phi) is 3.30. The van der Waals surface area contributed by atoms with Gasteiger partial charge in [0.15, 0.2) is 0 Å². The van der Waals surface area contributed by atoms with Crippen LogP contribution in [-0.4, -0.2) is 38.4 Å². The zero-order valence-corrected chi connectivity index (χ0v) is 9.67. The molecule has 88 valence electrons. The van der Waals surface area contributed by atoms with Crippen LogP contribution in [0, 0.1) is 5.92 Å². The Labute approximate surface area is 91.2 Å². The van der Waals surface area contributed by atoms with Crippen molar-refractivity contribution in [3.63, 3.8) is 0 Å². The molecule has 3 N–H and O–H groups in total. The third-order valence-corrected chi connectivity index (χ3v) is 4.28. The zero-order valence-electron chi connectivity index (χ0n) is 8.85. The summed E-state index contributed by atoms with van der Waals surface area (Å²) in [4.78, 5) is 0. The van der Waals surface area contributed by atoms with E-state index < -0.39 is 10.2 Å². The summed E-state index contributed by atoms with van der Waals surface area (Å²) in [5, 5.41) is 8.49. The van der Waals surface area contributed by atoms with Gasteiger partial charge in [0.05, 0.1) is 0 Å². The van der Waals surface area contributed by atoms with Crippen LogP contribution in [0.1, 0.15) is 25.7 Å². The molecule has 15 heavy (non-hydrogen) atoms. The van der Waals surface area contributed by atoms with E-state index in [1.807, 2.05) is 0 Å². The van der Waals surface area contributed by atoms with Crippen molar-refractivity contribution in [2.45, 2.75) is 31.7 Å². The Morgan fingerprint density at radius 2 is 1.80 bits per heavy atom. The fourth-order valence-corrected chi connectivity index (χ4v) is 3.16. The summed E-state index contributed by atoms with van der Waals surface area (Å²) in [5.74, 6) is 0.554. The molecule has 6 heteroatoms. The lowest BCUT2D eigenvalue weighted by Crippen LogP contribution is -2.49. The summed E-state index contributed by atoms with van der Waals surface area (Å²) in [7, 11) is -3.51. The quantitative estimate of drug-likeness (QED) is 0.697. The second-order valence-corrected chi connectivity index (χ2v) is 6.04. The summed E-state index contributed by atoms with van der Waals surface area (Å²) in [6.07, 6.45) is 4.06. The molecule has 1 aliphatic carbocycles. The van der Waals surface area contributed by atoms with Crippen molar-refractivity contribution in [2.75, 3.05) is 19.6 Å². The highest BCUT2D eigenvalue weighted by Crippen LogP contribution is 2.31. The Hall–Kier alpha value is -0.170. The van der Waals surface area contributed by atoms with E-state index >= 15 is 0 Å². The molecule has 0 atom stereocenters. The SMILES string of the molecule is NS(=O)(=O)N(CC1CC1)C1CCNCC1. The largest absolute Gasteiger partial charge is 0.317 e. The van der Waals surface area contributed by atoms with Gasteiger partial charge in [-0.2, -0.15) is 12.7 Å². The summed E-state index contributed by atoms with van der Waals surface area (Å²) < 4.78 is 24.5. The first-order valence-corrected chi connectivity index (χ1v) is 7.08. The number of nitrogens with zero attached hydrogens (tertiary/aromatic N) is 1. The van der Waals surface area contributed by atoms with Gasteiger partial charge >= 0.3 is 0 Å². The van der Waals surface area contributed by atoms with Gasteiger partial charge in [0.25, 0.3) is 10.2 Å². The zero-order chi connectivity index (χ0) is 10.9. The smallest absolute Gasteiger partial charge is 0.277 e. The lowest BCUT2D eigenvalue weighted by atomic mass is 10.1. The molecule has 1 saturated carbocycles. The number of rotatable bonds is 4. The predicted octanol–water partition coefficient (Wildman–Crippen LogP) is -0.346. The lowest BCUT2D eigenvalue weighted by molar-refractivity contribution is 0.255. The molecule has 0 aromatic heterocycles. The number of nitrogens with one attached hydrogen (secondary N) is 1. The number of nitrogens with two attached hydrogens (primary N) is 1. The molecule has 1 saturated heterocycles. The van der Waals surface area contributed by atoms with Gasteiger partial charge in [-0.05, 0) is 44.7 Å². The van der Waals surface area contributed by atoms with Gasteiger partial charge in [0.2, 0.25) is 0 Å². The number of hydrogen-bond donors (Lipinski definition) is 2. The van der Waals surface area contributed by atoms with E-state index in [1.54, 1.807) is 0 Å². The molecule has 0 unspecified atom stereocenters. The standard InChI is InChI=1S/C9H19N3O2S/c10-15(13,14)12(7-8-1-2-8)9-3-5-11-6-4-9/h8-9,11H,1-7H2,(H2,10,13,14). The second-order valence-electron chi connectivity index (χ2n) is 4.54. The van der Waals surface area contributed by atoms with E-state index in [4.69, 9.17) is 5.14 Å². The third-order valence-electron chi connectivity index (χ3n) is 3.18. The van der Waals surface area contributed by atoms with Crippen LogP contribution in [-0.2, 0) is 10.2 Å². The van der Waals surface area contributed by atoms with Crippen molar-refractivity contribution in [1.29, 1.82) is 0 Å². The molecule has 0 spiro atoms. The molecular formula is C9H19N3O2S. The molecular weight excluding hydrogens is 214 g/mol. The highest BCUT2D eigenvalue weighted by molar-refractivity contribution is 7.86. The Bertz CT molecular complexity index is 307. The van der Waals surface area contributed by atoms with Crippen molar-refractivity contribution in [3.05, 3.63) is 0 Å². The van der Waals surface area contributed by atoms with Crippen molar-refractivity contribution in [2.24, 2.45) is 11.1 Å². The topological polar surface area (TPSA) is 75.4 Å². The highest BCUT2D eigenvalue weighted by atomic mass is 32.2. The van der Waals surface area contributed by atoms with Crippen LogP contribution in [0.25, 0.3) is 0 Å². The van der Waals surface area contributed by atoms with Crippen molar-refractivity contribution < 1.29 is 8.42 Å². The first-order valence-electron chi connectivity index (χ1n) is 5.57. The Morgan fingerprint density at radius 1 is 1.20 bits per heavy atom. The van der Waals surface area contributed by atoms with E-state index in [9.17, 15) is 8.42 Å². The fraction of sp³-hybridized carbons (Fsp3) is 1.00. The fourth-order valence-electron chi connectivity index (χ4n) is 2.11. The van der Waals surface area contributed by atoms with Crippen molar-refractivity contribution in [3.8, 4) is 0 Å². The highest BCUT2D eigenvalue weighted by Gasteiger charge is 2.34. The minimum Gasteiger partial charge on any atom is -0.317 e. The minimum absolute atomic E-state index is 0.113. The molecule has 1 heterocycles. The van der Waals surface area contributed by atoms with Crippen LogP contribution >= 0.6 is 0 Å². The van der Waals surface area contributed by atoms with Gasteiger partial charge in [-0.1, -0.05) is 0 Å². The van der Waals surface area contributed by atoms with Crippen LogP contribution in [0.3, 0.4) is 0 Å². The molecule has 1 aliphatic heterocycles. The van der Waals surface area contributed by atoms with Crippen LogP contribution in [0.2, 0.25) is 0 Å². The first kappa shape index (κ1) is 11.3. The van der Waals surface area contributed by atoms with Crippen molar-refractivity contribution >= 4 is 10.2 Å². The predicted molar refractivity (Wildman–Crippen MR) is 58.4 cm³/mol. The maximum absolute atomic E-state index is 11.5. The van der Waals surface area contributed by atoms with Crippen LogP contribution in [0.15, 0.2) is 0 Å². The molecule has 0 bridgehead atoms. The van der Waals surface area contributed by atoms with Crippen LogP contribution < -0.4 is 10.5 Å². The lowest BCUT2D eigenvalue weighted by Gasteiger charge is -2.32. The van der Waals surface area contributed by atoms with Gasteiger partial charge in [-0.3, -0.25) is 0 Å². The van der Waals surface area contributed by atoms with E-state index in [2.05, 4.69) is 5.32 Å². The number of piperidine rings is 1. The summed E-state index contributed by atoms with van der Waals surface area (Å²) in [6.45, 7) is 2.41. The molecule has 0 aromatic carbocycles. The Morgan fingerprint density at radius 3 is 2.27 bits per heavy atom. The van der Waals surface area contributed by atoms with Crippen LogP contribution in [0.4, 0.5) is 0 Å². The second kappa shape index (κ2) is 4.37. The van der Waals surface area contributed by atoms with Gasteiger partial charge in [-0.15, -0.1) is 0 Å². The first-order chi connectivity index (χ1) is 7.07. The maximum atomic E-state index is 11.5. The van der Waals surface area contributed by atoms with Gasteiger partial charge in [-0.25, -0.2) is 5.14 Å². The average molecular weight is 233 g/mol. The molecule has 2 fully saturated rings.